The molecule has 1 aliphatic carbocycles. The van der Waals surface area contributed by atoms with Crippen LogP contribution in [0.3, 0.4) is 0 Å². The normalized spacial score (nSPS) is 14.9. The molecule has 1 amide bonds. The third kappa shape index (κ3) is 5.61. The molecule has 0 saturated heterocycles. The number of hydrogen-bond acceptors (Lipinski definition) is 1. The monoisotopic (exact) mass is 474 g/mol. The van der Waals surface area contributed by atoms with E-state index >= 15 is 0 Å². The Morgan fingerprint density at radius 3 is 2.48 bits per heavy atom. The Bertz CT molecular complexity index is 1100. The number of aromatic nitrogens is 1. The zero-order chi connectivity index (χ0) is 23.4. The van der Waals surface area contributed by atoms with Crippen molar-refractivity contribution in [3.05, 3.63) is 94.3 Å². The molecule has 4 rings (SSSR count). The largest absolute Gasteiger partial charge is 0.416 e. The number of hydrogen-bond donors (Lipinski definition) is 0. The number of nitrogens with zero attached hydrogens (tertiary/aromatic N) is 2. The summed E-state index contributed by atoms with van der Waals surface area (Å²) in [6, 6.07) is 16.2. The Hall–Kier alpha value is -2.73. The lowest BCUT2D eigenvalue weighted by molar-refractivity contribution is -0.137. The summed E-state index contributed by atoms with van der Waals surface area (Å²) >= 11 is 6.33. The molecule has 0 N–H and O–H groups in total. The van der Waals surface area contributed by atoms with E-state index in [0.29, 0.717) is 18.1 Å². The predicted molar refractivity (Wildman–Crippen MR) is 123 cm³/mol. The zero-order valence-corrected chi connectivity index (χ0v) is 18.9. The van der Waals surface area contributed by atoms with Gasteiger partial charge in [-0.1, -0.05) is 55.1 Å². The fourth-order valence-corrected chi connectivity index (χ4v) is 4.68. The molecule has 1 aromatic heterocycles. The molecule has 0 radical (unpaired) electrons. The number of rotatable bonds is 6. The van der Waals surface area contributed by atoms with Gasteiger partial charge in [-0.2, -0.15) is 13.2 Å². The Morgan fingerprint density at radius 2 is 1.76 bits per heavy atom. The second-order valence-corrected chi connectivity index (χ2v) is 8.93. The molecule has 1 heterocycles. The third-order valence-electron chi connectivity index (χ3n) is 6.27. The van der Waals surface area contributed by atoms with Crippen molar-refractivity contribution in [2.24, 2.45) is 0 Å². The van der Waals surface area contributed by atoms with E-state index in [4.69, 9.17) is 11.6 Å². The Labute approximate surface area is 196 Å². The standard InChI is InChI=1S/C26H26ClF3N2O/c27-24-14-5-4-8-20(24)17-31-15-7-13-23(31)18-32(22-11-2-1-3-12-22)25(33)19-9-6-10-21(16-19)26(28,29)30/h4-10,13-16,22H,1-3,11-12,17-18H2. The van der Waals surface area contributed by atoms with Crippen LogP contribution in [0.4, 0.5) is 13.2 Å². The molecular formula is C26H26ClF3N2O. The topological polar surface area (TPSA) is 25.2 Å². The molecular weight excluding hydrogens is 449 g/mol. The summed E-state index contributed by atoms with van der Waals surface area (Å²) in [7, 11) is 0. The summed E-state index contributed by atoms with van der Waals surface area (Å²) in [5.41, 5.74) is 1.14. The van der Waals surface area contributed by atoms with E-state index in [-0.39, 0.29) is 17.5 Å². The van der Waals surface area contributed by atoms with Crippen LogP contribution in [0.1, 0.15) is 59.3 Å². The molecule has 0 bridgehead atoms. The fourth-order valence-electron chi connectivity index (χ4n) is 4.49. The van der Waals surface area contributed by atoms with Gasteiger partial charge < -0.3 is 9.47 Å². The van der Waals surface area contributed by atoms with Crippen LogP contribution in [0.5, 0.6) is 0 Å². The van der Waals surface area contributed by atoms with E-state index in [9.17, 15) is 18.0 Å². The van der Waals surface area contributed by atoms with Gasteiger partial charge in [-0.15, -0.1) is 0 Å². The van der Waals surface area contributed by atoms with Crippen LogP contribution in [0.2, 0.25) is 5.02 Å². The van der Waals surface area contributed by atoms with Gasteiger partial charge in [0, 0.05) is 35.1 Å². The summed E-state index contributed by atoms with van der Waals surface area (Å²) < 4.78 is 41.8. The quantitative estimate of drug-likeness (QED) is 0.371. The lowest BCUT2D eigenvalue weighted by atomic mass is 9.93. The number of alkyl halides is 3. The van der Waals surface area contributed by atoms with Gasteiger partial charge in [0.1, 0.15) is 0 Å². The fraction of sp³-hybridized carbons (Fsp3) is 0.346. The maximum Gasteiger partial charge on any atom is 0.416 e. The van der Waals surface area contributed by atoms with Gasteiger partial charge in [-0.3, -0.25) is 4.79 Å². The van der Waals surface area contributed by atoms with Crippen LogP contribution in [0.25, 0.3) is 0 Å². The van der Waals surface area contributed by atoms with Gasteiger partial charge in [-0.05, 0) is 54.8 Å². The van der Waals surface area contributed by atoms with E-state index in [1.807, 2.05) is 47.2 Å². The first-order valence-electron chi connectivity index (χ1n) is 11.2. The molecule has 0 atom stereocenters. The number of carbonyl (C=O) groups excluding carboxylic acids is 1. The SMILES string of the molecule is O=C(c1cccc(C(F)(F)F)c1)N(Cc1cccn1Cc1ccccc1Cl)C1CCCCC1. The van der Waals surface area contributed by atoms with Gasteiger partial charge in [0.2, 0.25) is 0 Å². The summed E-state index contributed by atoms with van der Waals surface area (Å²) in [5, 5.41) is 0.668. The van der Waals surface area contributed by atoms with Crippen molar-refractivity contribution in [3.63, 3.8) is 0 Å². The zero-order valence-electron chi connectivity index (χ0n) is 18.2. The summed E-state index contributed by atoms with van der Waals surface area (Å²) in [6.45, 7) is 0.884. The Kier molecular flexibility index (Phi) is 7.13. The van der Waals surface area contributed by atoms with E-state index in [0.717, 1.165) is 55.5 Å². The molecule has 0 unspecified atom stereocenters. The van der Waals surface area contributed by atoms with Crippen LogP contribution in [0.15, 0.2) is 66.9 Å². The highest BCUT2D eigenvalue weighted by Gasteiger charge is 2.32. The summed E-state index contributed by atoms with van der Waals surface area (Å²) in [5.74, 6) is -0.363. The molecule has 0 aliphatic heterocycles. The molecule has 3 nitrogen and oxygen atoms in total. The minimum atomic E-state index is -4.49. The molecule has 0 spiro atoms. The molecule has 33 heavy (non-hydrogen) atoms. The lowest BCUT2D eigenvalue weighted by Gasteiger charge is -2.35. The first kappa shape index (κ1) is 23.4. The first-order chi connectivity index (χ1) is 15.8. The van der Waals surface area contributed by atoms with Gasteiger partial charge >= 0.3 is 6.18 Å². The van der Waals surface area contributed by atoms with Crippen LogP contribution in [0, 0.1) is 0 Å². The van der Waals surface area contributed by atoms with Crippen molar-refractivity contribution in [2.75, 3.05) is 0 Å². The molecule has 3 aromatic rings. The van der Waals surface area contributed by atoms with E-state index in [2.05, 4.69) is 0 Å². The highest BCUT2D eigenvalue weighted by Crippen LogP contribution is 2.31. The van der Waals surface area contributed by atoms with Crippen LogP contribution >= 0.6 is 11.6 Å². The number of amides is 1. The average molecular weight is 475 g/mol. The summed E-state index contributed by atoms with van der Waals surface area (Å²) in [4.78, 5) is 15.3. The van der Waals surface area contributed by atoms with E-state index in [1.165, 1.54) is 12.1 Å². The minimum absolute atomic E-state index is 0.00413. The van der Waals surface area contributed by atoms with E-state index in [1.54, 1.807) is 4.90 Å². The van der Waals surface area contributed by atoms with Crippen molar-refractivity contribution in [1.29, 1.82) is 0 Å². The maximum atomic E-state index is 13.5. The molecule has 1 saturated carbocycles. The minimum Gasteiger partial charge on any atom is -0.345 e. The highest BCUT2D eigenvalue weighted by atomic mass is 35.5. The van der Waals surface area contributed by atoms with Crippen molar-refractivity contribution < 1.29 is 18.0 Å². The van der Waals surface area contributed by atoms with Crippen molar-refractivity contribution >= 4 is 17.5 Å². The second kappa shape index (κ2) is 10.0. The molecule has 7 heteroatoms. The number of benzene rings is 2. The van der Waals surface area contributed by atoms with Crippen molar-refractivity contribution in [2.45, 2.75) is 57.4 Å². The van der Waals surface area contributed by atoms with Gasteiger partial charge in [0.15, 0.2) is 0 Å². The van der Waals surface area contributed by atoms with Crippen LogP contribution in [-0.2, 0) is 19.3 Å². The lowest BCUT2D eigenvalue weighted by Crippen LogP contribution is -2.41. The Balaban J connectivity index is 1.62. The van der Waals surface area contributed by atoms with Crippen molar-refractivity contribution in [3.8, 4) is 0 Å². The van der Waals surface area contributed by atoms with E-state index < -0.39 is 11.7 Å². The third-order valence-corrected chi connectivity index (χ3v) is 6.64. The molecule has 1 fully saturated rings. The molecule has 2 aromatic carbocycles. The smallest absolute Gasteiger partial charge is 0.345 e. The van der Waals surface area contributed by atoms with Gasteiger partial charge in [0.05, 0.1) is 12.1 Å². The average Bonchev–Trinajstić information content (AvgIpc) is 3.25. The summed E-state index contributed by atoms with van der Waals surface area (Å²) in [6.07, 6.45) is 2.30. The highest BCUT2D eigenvalue weighted by molar-refractivity contribution is 6.31. The number of halogens is 4. The second-order valence-electron chi connectivity index (χ2n) is 8.52. The maximum absolute atomic E-state index is 13.5. The van der Waals surface area contributed by atoms with Gasteiger partial charge in [0.25, 0.3) is 5.91 Å². The van der Waals surface area contributed by atoms with Crippen LogP contribution in [-0.4, -0.2) is 21.4 Å². The molecule has 174 valence electrons. The predicted octanol–water partition coefficient (Wildman–Crippen LogP) is 7.18. The van der Waals surface area contributed by atoms with Gasteiger partial charge in [-0.25, -0.2) is 0 Å². The van der Waals surface area contributed by atoms with Crippen LogP contribution < -0.4 is 0 Å². The molecule has 1 aliphatic rings. The number of carbonyl (C=O) groups is 1. The van der Waals surface area contributed by atoms with Crippen molar-refractivity contribution in [1.82, 2.24) is 9.47 Å². The Morgan fingerprint density at radius 1 is 1.00 bits per heavy atom. The first-order valence-corrected chi connectivity index (χ1v) is 11.6.